The van der Waals surface area contributed by atoms with Crippen LogP contribution in [0.3, 0.4) is 0 Å². The van der Waals surface area contributed by atoms with E-state index in [-0.39, 0.29) is 0 Å². The number of nitrogen functional groups attached to an aromatic ring is 1. The highest BCUT2D eigenvalue weighted by Crippen LogP contribution is 2.33. The molecule has 3 heteroatoms. The van der Waals surface area contributed by atoms with E-state index >= 15 is 0 Å². The van der Waals surface area contributed by atoms with E-state index in [1.165, 1.54) is 25.7 Å². The van der Waals surface area contributed by atoms with Gasteiger partial charge < -0.3 is 10.6 Å². The monoisotopic (exact) mass is 296 g/mol. The van der Waals surface area contributed by atoms with E-state index in [1.807, 2.05) is 12.1 Å². The number of nitrogens with zero attached hydrogens (tertiary/aromatic N) is 1. The lowest BCUT2D eigenvalue weighted by molar-refractivity contribution is 0.336. The van der Waals surface area contributed by atoms with Crippen LogP contribution in [-0.4, -0.2) is 13.1 Å². The number of anilines is 2. The average molecular weight is 297 g/mol. The van der Waals surface area contributed by atoms with Crippen LogP contribution in [0.25, 0.3) is 0 Å². The van der Waals surface area contributed by atoms with Gasteiger partial charge in [-0.25, -0.2) is 0 Å². The Morgan fingerprint density at radius 2 is 2.12 bits per heavy atom. The van der Waals surface area contributed by atoms with Crippen LogP contribution in [0.5, 0.6) is 0 Å². The lowest BCUT2D eigenvalue weighted by Gasteiger charge is -2.36. The predicted octanol–water partition coefficient (Wildman–Crippen LogP) is 4.05. The molecule has 1 aromatic carbocycles. The van der Waals surface area contributed by atoms with Gasteiger partial charge in [-0.3, -0.25) is 0 Å². The van der Waals surface area contributed by atoms with Crippen molar-refractivity contribution >= 4 is 27.3 Å². The van der Waals surface area contributed by atoms with E-state index in [4.69, 9.17) is 5.73 Å². The van der Waals surface area contributed by atoms with E-state index in [2.05, 4.69) is 40.9 Å². The normalized spacial score (nSPS) is 24.6. The molecule has 0 aromatic heterocycles. The summed E-state index contributed by atoms with van der Waals surface area (Å²) >= 11 is 3.52. The summed E-state index contributed by atoms with van der Waals surface area (Å²) in [5.41, 5.74) is 8.09. The summed E-state index contributed by atoms with van der Waals surface area (Å²) in [7, 11) is 2.17. The van der Waals surface area contributed by atoms with Crippen molar-refractivity contribution in [2.75, 3.05) is 17.7 Å². The van der Waals surface area contributed by atoms with Crippen molar-refractivity contribution in [1.82, 2.24) is 0 Å². The molecule has 0 saturated heterocycles. The summed E-state index contributed by atoms with van der Waals surface area (Å²) in [5, 5.41) is 0. The number of halogens is 1. The van der Waals surface area contributed by atoms with Crippen LogP contribution in [0.4, 0.5) is 11.4 Å². The highest BCUT2D eigenvalue weighted by Gasteiger charge is 2.23. The molecule has 0 radical (unpaired) electrons. The molecule has 2 N–H and O–H groups in total. The predicted molar refractivity (Wildman–Crippen MR) is 78.4 cm³/mol. The van der Waals surface area contributed by atoms with Gasteiger partial charge >= 0.3 is 0 Å². The van der Waals surface area contributed by atoms with Crippen LogP contribution in [0, 0.1) is 5.92 Å². The molecule has 0 spiro atoms. The van der Waals surface area contributed by atoms with Gasteiger partial charge in [0.2, 0.25) is 0 Å². The van der Waals surface area contributed by atoms with Crippen molar-refractivity contribution in [1.29, 1.82) is 0 Å². The summed E-state index contributed by atoms with van der Waals surface area (Å²) in [5.74, 6) is 0.838. The summed E-state index contributed by atoms with van der Waals surface area (Å²) < 4.78 is 1.09. The second-order valence-corrected chi connectivity index (χ2v) is 6.16. The molecule has 0 aliphatic heterocycles. The third-order valence-electron chi connectivity index (χ3n) is 3.83. The van der Waals surface area contributed by atoms with E-state index in [9.17, 15) is 0 Å². The molecule has 17 heavy (non-hydrogen) atoms. The van der Waals surface area contributed by atoms with Crippen molar-refractivity contribution in [2.45, 2.75) is 38.6 Å². The first-order valence-corrected chi connectivity index (χ1v) is 7.15. The molecule has 0 amide bonds. The zero-order valence-electron chi connectivity index (χ0n) is 10.6. The molecule has 1 aromatic rings. The smallest absolute Gasteiger partial charge is 0.0611 e. The van der Waals surface area contributed by atoms with Gasteiger partial charge in [-0.1, -0.05) is 35.7 Å². The van der Waals surface area contributed by atoms with Crippen LogP contribution >= 0.6 is 15.9 Å². The van der Waals surface area contributed by atoms with Gasteiger partial charge in [-0.05, 0) is 37.0 Å². The van der Waals surface area contributed by atoms with Crippen molar-refractivity contribution in [3.05, 3.63) is 22.7 Å². The van der Waals surface area contributed by atoms with Crippen LogP contribution < -0.4 is 10.6 Å². The van der Waals surface area contributed by atoms with Crippen LogP contribution in [0.2, 0.25) is 0 Å². The topological polar surface area (TPSA) is 29.3 Å². The molecule has 2 atom stereocenters. The number of rotatable bonds is 2. The number of nitrogens with two attached hydrogens (primary N) is 1. The summed E-state index contributed by atoms with van der Waals surface area (Å²) in [6.07, 6.45) is 5.28. The Morgan fingerprint density at radius 1 is 1.35 bits per heavy atom. The fraction of sp³-hybridized carbons (Fsp3) is 0.571. The largest absolute Gasteiger partial charge is 0.397 e. The van der Waals surface area contributed by atoms with Gasteiger partial charge in [0.25, 0.3) is 0 Å². The van der Waals surface area contributed by atoms with E-state index in [1.54, 1.807) is 0 Å². The summed E-state index contributed by atoms with van der Waals surface area (Å²) in [4.78, 5) is 2.36. The molecule has 1 aliphatic rings. The van der Waals surface area contributed by atoms with Crippen molar-refractivity contribution in [2.24, 2.45) is 5.92 Å². The molecule has 94 valence electrons. The first-order valence-electron chi connectivity index (χ1n) is 6.36. The molecule has 1 fully saturated rings. The molecule has 0 heterocycles. The maximum Gasteiger partial charge on any atom is 0.0611 e. The molecule has 1 saturated carbocycles. The molecule has 2 nitrogen and oxygen atoms in total. The number of hydrogen-bond acceptors (Lipinski definition) is 2. The molecule has 2 rings (SSSR count). The summed E-state index contributed by atoms with van der Waals surface area (Å²) in [6.45, 7) is 2.35. The van der Waals surface area contributed by atoms with E-state index in [0.29, 0.717) is 6.04 Å². The quantitative estimate of drug-likeness (QED) is 0.835. The number of hydrogen-bond donors (Lipinski definition) is 1. The Kier molecular flexibility index (Phi) is 3.97. The lowest BCUT2D eigenvalue weighted by atomic mass is 9.86. The average Bonchev–Trinajstić information content (AvgIpc) is 2.31. The highest BCUT2D eigenvalue weighted by atomic mass is 79.9. The standard InChI is InChI=1S/C14H21BrN2/c1-10-4-3-5-12(8-10)17(2)14-9-11(15)6-7-13(14)16/h6-7,9-10,12H,3-5,8,16H2,1-2H3. The Balaban J connectivity index is 2.18. The molecule has 1 aliphatic carbocycles. The van der Waals surface area contributed by atoms with Crippen LogP contribution in [0.15, 0.2) is 22.7 Å². The Morgan fingerprint density at radius 3 is 2.82 bits per heavy atom. The zero-order chi connectivity index (χ0) is 12.4. The zero-order valence-corrected chi connectivity index (χ0v) is 12.2. The minimum atomic E-state index is 0.635. The van der Waals surface area contributed by atoms with E-state index < -0.39 is 0 Å². The van der Waals surface area contributed by atoms with Gasteiger partial charge in [0.15, 0.2) is 0 Å². The lowest BCUT2D eigenvalue weighted by Crippen LogP contribution is -2.35. The van der Waals surface area contributed by atoms with Crippen molar-refractivity contribution in [3.63, 3.8) is 0 Å². The maximum absolute atomic E-state index is 6.07. The third kappa shape index (κ3) is 2.95. The second-order valence-electron chi connectivity index (χ2n) is 5.24. The molecular weight excluding hydrogens is 276 g/mol. The maximum atomic E-state index is 6.07. The Bertz CT molecular complexity index is 392. The van der Waals surface area contributed by atoms with Crippen molar-refractivity contribution < 1.29 is 0 Å². The van der Waals surface area contributed by atoms with E-state index in [0.717, 1.165) is 21.8 Å². The minimum Gasteiger partial charge on any atom is -0.397 e. The first kappa shape index (κ1) is 12.7. The van der Waals surface area contributed by atoms with Gasteiger partial charge in [-0.2, -0.15) is 0 Å². The highest BCUT2D eigenvalue weighted by molar-refractivity contribution is 9.10. The molecule has 2 unspecified atom stereocenters. The van der Waals surface area contributed by atoms with Gasteiger partial charge in [0.1, 0.15) is 0 Å². The third-order valence-corrected chi connectivity index (χ3v) is 4.32. The van der Waals surface area contributed by atoms with Gasteiger partial charge in [0.05, 0.1) is 11.4 Å². The SMILES string of the molecule is CC1CCCC(N(C)c2cc(Br)ccc2N)C1. The molecular formula is C14H21BrN2. The van der Waals surface area contributed by atoms with Crippen molar-refractivity contribution in [3.8, 4) is 0 Å². The van der Waals surface area contributed by atoms with Gasteiger partial charge in [-0.15, -0.1) is 0 Å². The minimum absolute atomic E-state index is 0.635. The number of benzene rings is 1. The summed E-state index contributed by atoms with van der Waals surface area (Å²) in [6, 6.07) is 6.72. The molecule has 0 bridgehead atoms. The second kappa shape index (κ2) is 5.30. The first-order chi connectivity index (χ1) is 8.08. The Hall–Kier alpha value is -0.700. The van der Waals surface area contributed by atoms with Crippen LogP contribution in [0.1, 0.15) is 32.6 Å². The Labute approximate surface area is 112 Å². The van der Waals surface area contributed by atoms with Crippen LogP contribution in [-0.2, 0) is 0 Å². The fourth-order valence-electron chi connectivity index (χ4n) is 2.77. The van der Waals surface area contributed by atoms with Gasteiger partial charge in [0, 0.05) is 17.6 Å². The fourth-order valence-corrected chi connectivity index (χ4v) is 3.12.